The fourth-order valence-corrected chi connectivity index (χ4v) is 3.60. The molecule has 0 spiro atoms. The number of carboxylic acids is 1. The molecule has 1 heterocycles. The van der Waals surface area contributed by atoms with Gasteiger partial charge < -0.3 is 14.6 Å². The first-order chi connectivity index (χ1) is 16.5. The molecule has 9 heteroatoms. The third-order valence-corrected chi connectivity index (χ3v) is 5.06. The van der Waals surface area contributed by atoms with Gasteiger partial charge in [0, 0.05) is 5.56 Å². The number of aromatic nitrogens is 2. The molecule has 172 valence electrons. The maximum atomic E-state index is 13.3. The van der Waals surface area contributed by atoms with Crippen molar-refractivity contribution in [3.8, 4) is 22.9 Å². The standard InChI is InChI=1S/C25H20ClN3O5/c1-2-33-21-13-16(12-19(26)23(21)34-15-22(30)31)14-27-29-24(17-8-4-3-5-9-17)28-20-11-7-6-10-18(20)25(29)32/h3-14H,2,15H2,1H3,(H,30,31). The van der Waals surface area contributed by atoms with Gasteiger partial charge in [0.25, 0.3) is 5.56 Å². The summed E-state index contributed by atoms with van der Waals surface area (Å²) in [7, 11) is 0. The van der Waals surface area contributed by atoms with Crippen molar-refractivity contribution in [2.24, 2.45) is 5.10 Å². The van der Waals surface area contributed by atoms with Crippen molar-refractivity contribution in [3.05, 3.63) is 87.7 Å². The first-order valence-electron chi connectivity index (χ1n) is 10.4. The Morgan fingerprint density at radius 2 is 1.85 bits per heavy atom. The Kier molecular flexibility index (Phi) is 6.89. The Morgan fingerprint density at radius 3 is 2.59 bits per heavy atom. The van der Waals surface area contributed by atoms with Crippen LogP contribution in [0.5, 0.6) is 11.5 Å². The van der Waals surface area contributed by atoms with E-state index in [-0.39, 0.29) is 22.1 Å². The molecule has 0 amide bonds. The zero-order valence-corrected chi connectivity index (χ0v) is 18.9. The molecule has 0 fully saturated rings. The molecule has 1 aromatic heterocycles. The average molecular weight is 478 g/mol. The van der Waals surface area contributed by atoms with Gasteiger partial charge >= 0.3 is 5.97 Å². The zero-order chi connectivity index (χ0) is 24.1. The molecular formula is C25H20ClN3O5. The van der Waals surface area contributed by atoms with Crippen LogP contribution in [-0.4, -0.2) is 40.2 Å². The second-order valence-corrected chi connectivity index (χ2v) is 7.53. The highest BCUT2D eigenvalue weighted by atomic mass is 35.5. The number of rotatable bonds is 8. The maximum absolute atomic E-state index is 13.3. The lowest BCUT2D eigenvalue weighted by Gasteiger charge is -2.13. The third-order valence-electron chi connectivity index (χ3n) is 4.78. The Labute approximate surface area is 199 Å². The highest BCUT2D eigenvalue weighted by Crippen LogP contribution is 2.36. The monoisotopic (exact) mass is 477 g/mol. The summed E-state index contributed by atoms with van der Waals surface area (Å²) in [6.45, 7) is 1.53. The van der Waals surface area contributed by atoms with Crippen LogP contribution in [0.2, 0.25) is 5.02 Å². The molecule has 8 nitrogen and oxygen atoms in total. The van der Waals surface area contributed by atoms with Crippen LogP contribution in [0.1, 0.15) is 12.5 Å². The van der Waals surface area contributed by atoms with Crippen molar-refractivity contribution in [1.82, 2.24) is 9.66 Å². The van der Waals surface area contributed by atoms with Gasteiger partial charge in [-0.2, -0.15) is 9.78 Å². The zero-order valence-electron chi connectivity index (χ0n) is 18.1. The summed E-state index contributed by atoms with van der Waals surface area (Å²) in [5, 5.41) is 13.9. The number of fused-ring (bicyclic) bond motifs is 1. The molecule has 0 saturated carbocycles. The first-order valence-corrected chi connectivity index (χ1v) is 10.8. The summed E-state index contributed by atoms with van der Waals surface area (Å²) in [5.41, 5.74) is 1.50. The molecule has 0 aliphatic heterocycles. The van der Waals surface area contributed by atoms with E-state index in [4.69, 9.17) is 26.2 Å². The third kappa shape index (κ3) is 4.92. The number of aliphatic carboxylic acids is 1. The summed E-state index contributed by atoms with van der Waals surface area (Å²) in [4.78, 5) is 28.8. The van der Waals surface area contributed by atoms with Crippen molar-refractivity contribution < 1.29 is 19.4 Å². The molecule has 0 saturated heterocycles. The predicted molar refractivity (Wildman–Crippen MR) is 130 cm³/mol. The lowest BCUT2D eigenvalue weighted by molar-refractivity contribution is -0.139. The van der Waals surface area contributed by atoms with Crippen LogP contribution < -0.4 is 15.0 Å². The number of carbonyl (C=O) groups is 1. The van der Waals surface area contributed by atoms with Gasteiger partial charge in [-0.15, -0.1) is 0 Å². The smallest absolute Gasteiger partial charge is 0.341 e. The second kappa shape index (κ2) is 10.2. The number of hydrogen-bond acceptors (Lipinski definition) is 6. The summed E-state index contributed by atoms with van der Waals surface area (Å²) in [6, 6.07) is 19.5. The van der Waals surface area contributed by atoms with Crippen LogP contribution in [0, 0.1) is 0 Å². The predicted octanol–water partition coefficient (Wildman–Crippen LogP) is 4.46. The minimum Gasteiger partial charge on any atom is -0.490 e. The van der Waals surface area contributed by atoms with E-state index in [1.165, 1.54) is 10.9 Å². The minimum absolute atomic E-state index is 0.123. The molecule has 3 aromatic carbocycles. The Balaban J connectivity index is 1.81. The van der Waals surface area contributed by atoms with Crippen molar-refractivity contribution in [1.29, 1.82) is 0 Å². The Hall–Kier alpha value is -4.17. The normalized spacial score (nSPS) is 11.1. The largest absolute Gasteiger partial charge is 0.490 e. The lowest BCUT2D eigenvalue weighted by Crippen LogP contribution is -2.20. The van der Waals surface area contributed by atoms with Crippen LogP contribution in [0.15, 0.2) is 76.6 Å². The van der Waals surface area contributed by atoms with Gasteiger partial charge in [0.2, 0.25) is 0 Å². The van der Waals surface area contributed by atoms with Crippen molar-refractivity contribution >= 4 is 34.7 Å². The molecule has 34 heavy (non-hydrogen) atoms. The minimum atomic E-state index is -1.14. The second-order valence-electron chi connectivity index (χ2n) is 7.13. The highest BCUT2D eigenvalue weighted by Gasteiger charge is 2.15. The SMILES string of the molecule is CCOc1cc(C=Nn2c(-c3ccccc3)nc3ccccc3c2=O)cc(Cl)c1OCC(=O)O. The van der Waals surface area contributed by atoms with Crippen LogP contribution in [0.3, 0.4) is 0 Å². The highest BCUT2D eigenvalue weighted by molar-refractivity contribution is 6.32. The Morgan fingerprint density at radius 1 is 1.12 bits per heavy atom. The number of benzene rings is 3. The van der Waals surface area contributed by atoms with Crippen molar-refractivity contribution in [2.45, 2.75) is 6.92 Å². The topological polar surface area (TPSA) is 103 Å². The molecular weight excluding hydrogens is 458 g/mol. The van der Waals surface area contributed by atoms with E-state index in [0.717, 1.165) is 5.56 Å². The summed E-state index contributed by atoms with van der Waals surface area (Å²) in [6.07, 6.45) is 1.46. The molecule has 4 rings (SSSR count). The van der Waals surface area contributed by atoms with Crippen LogP contribution in [0.25, 0.3) is 22.3 Å². The van der Waals surface area contributed by atoms with Crippen LogP contribution in [-0.2, 0) is 4.79 Å². The van der Waals surface area contributed by atoms with Gasteiger partial charge in [0.1, 0.15) is 0 Å². The summed E-state index contributed by atoms with van der Waals surface area (Å²) >= 11 is 6.33. The quantitative estimate of drug-likeness (QED) is 0.376. The van der Waals surface area contributed by atoms with Crippen molar-refractivity contribution in [3.63, 3.8) is 0 Å². The van der Waals surface area contributed by atoms with Gasteiger partial charge in [-0.1, -0.05) is 54.1 Å². The fraction of sp³-hybridized carbons (Fsp3) is 0.120. The molecule has 0 bridgehead atoms. The van der Waals surface area contributed by atoms with E-state index in [1.807, 2.05) is 36.4 Å². The van der Waals surface area contributed by atoms with Gasteiger partial charge in [0.15, 0.2) is 23.9 Å². The van der Waals surface area contributed by atoms with E-state index in [2.05, 4.69) is 10.1 Å². The summed E-state index contributed by atoms with van der Waals surface area (Å²) < 4.78 is 12.1. The molecule has 0 unspecified atom stereocenters. The number of ether oxygens (including phenoxy) is 2. The van der Waals surface area contributed by atoms with Crippen molar-refractivity contribution in [2.75, 3.05) is 13.2 Å². The van der Waals surface area contributed by atoms with E-state index < -0.39 is 12.6 Å². The van der Waals surface area contributed by atoms with Crippen LogP contribution >= 0.6 is 11.6 Å². The Bertz CT molecular complexity index is 1430. The molecule has 0 radical (unpaired) electrons. The van der Waals surface area contributed by atoms with Gasteiger partial charge in [-0.25, -0.2) is 9.78 Å². The van der Waals surface area contributed by atoms with Gasteiger partial charge in [0.05, 0.1) is 28.7 Å². The van der Waals surface area contributed by atoms with E-state index in [1.54, 1.807) is 37.3 Å². The maximum Gasteiger partial charge on any atom is 0.341 e. The number of carboxylic acid groups (broad SMARTS) is 1. The van der Waals surface area contributed by atoms with E-state index >= 15 is 0 Å². The molecule has 0 atom stereocenters. The first kappa shape index (κ1) is 23.0. The summed E-state index contributed by atoms with van der Waals surface area (Å²) in [5.74, 6) is -0.360. The lowest BCUT2D eigenvalue weighted by atomic mass is 10.2. The number of hydrogen-bond donors (Lipinski definition) is 1. The van der Waals surface area contributed by atoms with E-state index in [0.29, 0.717) is 28.9 Å². The number of nitrogens with zero attached hydrogens (tertiary/aromatic N) is 3. The number of para-hydroxylation sites is 1. The van der Waals surface area contributed by atoms with Crippen LogP contribution in [0.4, 0.5) is 0 Å². The molecule has 4 aromatic rings. The molecule has 0 aliphatic carbocycles. The van der Waals surface area contributed by atoms with E-state index in [9.17, 15) is 9.59 Å². The van der Waals surface area contributed by atoms with Gasteiger partial charge in [-0.3, -0.25) is 4.79 Å². The number of halogens is 1. The van der Waals surface area contributed by atoms with Gasteiger partial charge in [-0.05, 0) is 36.8 Å². The molecule has 0 aliphatic rings. The average Bonchev–Trinajstić information content (AvgIpc) is 2.83. The fourth-order valence-electron chi connectivity index (χ4n) is 3.33. The molecule has 1 N–H and O–H groups in total.